The minimum absolute atomic E-state index is 0.499. The van der Waals surface area contributed by atoms with Crippen molar-refractivity contribution < 1.29 is 9.90 Å². The lowest BCUT2D eigenvalue weighted by molar-refractivity contribution is -0.134. The first kappa shape index (κ1) is 19.7. The topological polar surface area (TPSA) is 113 Å². The number of nitrogens with one attached hydrogen (secondary N) is 1. The molecule has 0 spiro atoms. The number of benzene rings is 2. The van der Waals surface area contributed by atoms with Crippen LogP contribution in [0, 0.1) is 12.3 Å². The number of rotatable bonds is 2. The van der Waals surface area contributed by atoms with E-state index in [9.17, 15) is 0 Å². The number of aliphatic carboxylic acids is 1. The fourth-order valence-electron chi connectivity index (χ4n) is 2.62. The average Bonchev–Trinajstić information content (AvgIpc) is 2.61. The highest BCUT2D eigenvalue weighted by Gasteiger charge is 2.12. The number of aryl methyl sites for hydroxylation is 1. The summed E-state index contributed by atoms with van der Waals surface area (Å²) in [7, 11) is 0. The first-order valence-corrected chi connectivity index (χ1v) is 8.39. The predicted molar refractivity (Wildman–Crippen MR) is 112 cm³/mol. The Morgan fingerprint density at radius 1 is 0.926 bits per heavy atom. The number of carboxylic acids is 1. The van der Waals surface area contributed by atoms with Gasteiger partial charge in [0.15, 0.2) is 0 Å². The number of anilines is 2. The Morgan fingerprint density at radius 2 is 1.44 bits per heavy atom. The van der Waals surface area contributed by atoms with Gasteiger partial charge >= 0.3 is 0 Å². The molecule has 1 aliphatic carbocycles. The normalized spacial score (nSPS) is 12.4. The van der Waals surface area contributed by atoms with Crippen molar-refractivity contribution in [3.8, 4) is 0 Å². The van der Waals surface area contributed by atoms with Gasteiger partial charge in [-0.25, -0.2) is 0 Å². The maximum absolute atomic E-state index is 9.00. The van der Waals surface area contributed by atoms with Crippen LogP contribution < -0.4 is 11.5 Å². The summed E-state index contributed by atoms with van der Waals surface area (Å²) in [6.07, 6.45) is 7.55. The fourth-order valence-corrected chi connectivity index (χ4v) is 2.62. The minimum atomic E-state index is -0.833. The zero-order valence-corrected chi connectivity index (χ0v) is 15.4. The first-order chi connectivity index (χ1) is 12.8. The lowest BCUT2D eigenvalue weighted by Gasteiger charge is -2.15. The predicted octanol–water partition coefficient (Wildman–Crippen LogP) is 4.20. The van der Waals surface area contributed by atoms with Gasteiger partial charge in [0.25, 0.3) is 5.97 Å². The van der Waals surface area contributed by atoms with Gasteiger partial charge in [-0.1, -0.05) is 30.4 Å². The van der Waals surface area contributed by atoms with E-state index in [1.54, 1.807) is 12.2 Å². The molecule has 0 bridgehead atoms. The van der Waals surface area contributed by atoms with E-state index in [0.717, 1.165) is 46.1 Å². The van der Waals surface area contributed by atoms with Crippen molar-refractivity contribution in [3.63, 3.8) is 0 Å². The highest BCUT2D eigenvalue weighted by molar-refractivity contribution is 6.05. The molecular weight excluding hydrogens is 338 g/mol. The van der Waals surface area contributed by atoms with Gasteiger partial charge in [0.2, 0.25) is 0 Å². The van der Waals surface area contributed by atoms with Crippen molar-refractivity contribution in [2.75, 3.05) is 11.5 Å². The summed E-state index contributed by atoms with van der Waals surface area (Å²) in [4.78, 5) is 9.00. The molecule has 0 fully saturated rings. The maximum atomic E-state index is 9.00. The number of hydrogen-bond donors (Lipinski definition) is 4. The number of nitrogens with two attached hydrogens (primary N) is 2. The molecule has 0 saturated carbocycles. The third kappa shape index (κ3) is 5.44. The Hall–Kier alpha value is -3.60. The van der Waals surface area contributed by atoms with E-state index >= 15 is 0 Å². The highest BCUT2D eigenvalue weighted by Crippen LogP contribution is 2.31. The van der Waals surface area contributed by atoms with E-state index in [0.29, 0.717) is 5.71 Å². The van der Waals surface area contributed by atoms with Crippen LogP contribution in [0.3, 0.4) is 0 Å². The molecule has 5 nitrogen and oxygen atoms in total. The molecule has 2 aromatic rings. The van der Waals surface area contributed by atoms with Crippen molar-refractivity contribution >= 4 is 28.6 Å². The largest absolute Gasteiger partial charge is 0.481 e. The third-order valence-corrected chi connectivity index (χ3v) is 3.93. The number of hydrogen-bond acceptors (Lipinski definition) is 4. The van der Waals surface area contributed by atoms with Crippen LogP contribution in [-0.2, 0) is 4.79 Å². The number of carbonyl (C=O) groups is 1. The summed E-state index contributed by atoms with van der Waals surface area (Å²) < 4.78 is 0. The zero-order valence-electron chi connectivity index (χ0n) is 15.4. The van der Waals surface area contributed by atoms with Crippen LogP contribution in [0.5, 0.6) is 0 Å². The van der Waals surface area contributed by atoms with Crippen molar-refractivity contribution in [1.29, 1.82) is 5.41 Å². The summed E-state index contributed by atoms with van der Waals surface area (Å²) in [5.41, 5.74) is 19.2. The van der Waals surface area contributed by atoms with Gasteiger partial charge < -0.3 is 22.0 Å². The van der Waals surface area contributed by atoms with Crippen LogP contribution in [0.2, 0.25) is 0 Å². The van der Waals surface area contributed by atoms with Crippen molar-refractivity contribution in [1.82, 2.24) is 0 Å². The van der Waals surface area contributed by atoms with Crippen molar-refractivity contribution in [2.45, 2.75) is 13.8 Å². The second-order valence-corrected chi connectivity index (χ2v) is 6.16. The third-order valence-electron chi connectivity index (χ3n) is 3.93. The van der Waals surface area contributed by atoms with Crippen LogP contribution in [0.1, 0.15) is 23.6 Å². The molecule has 6 N–H and O–H groups in total. The van der Waals surface area contributed by atoms with E-state index in [1.807, 2.05) is 55.5 Å². The summed E-state index contributed by atoms with van der Waals surface area (Å²) in [6, 6.07) is 13.9. The number of allylic oxidation sites excluding steroid dienone is 5. The van der Waals surface area contributed by atoms with E-state index in [-0.39, 0.29) is 0 Å². The molecule has 0 amide bonds. The van der Waals surface area contributed by atoms with Crippen molar-refractivity contribution in [3.05, 3.63) is 89.0 Å². The fraction of sp³-hybridized carbons (Fsp3) is 0.0909. The van der Waals surface area contributed by atoms with E-state index in [1.165, 1.54) is 0 Å². The lowest BCUT2D eigenvalue weighted by atomic mass is 9.90. The zero-order chi connectivity index (χ0) is 20.0. The number of nitrogen functional groups attached to an aromatic ring is 2. The smallest absolute Gasteiger partial charge is 0.300 e. The molecule has 138 valence electrons. The molecule has 0 heterocycles. The van der Waals surface area contributed by atoms with Gasteiger partial charge in [0.05, 0.1) is 5.71 Å². The van der Waals surface area contributed by atoms with Gasteiger partial charge in [0, 0.05) is 18.3 Å². The molecule has 0 aromatic heterocycles. The second kappa shape index (κ2) is 8.67. The van der Waals surface area contributed by atoms with Crippen LogP contribution in [0.15, 0.2) is 72.3 Å². The Kier molecular flexibility index (Phi) is 6.33. The molecule has 5 heteroatoms. The SMILES string of the molecule is CC(=O)O.Cc1cc(C(=C2C=CC(=N)C=C2)c2ccc(N)cc2)ccc1N. The monoisotopic (exact) mass is 361 g/mol. The van der Waals surface area contributed by atoms with Gasteiger partial charge in [-0.2, -0.15) is 0 Å². The van der Waals surface area contributed by atoms with Crippen LogP contribution >= 0.6 is 0 Å². The van der Waals surface area contributed by atoms with E-state index in [4.69, 9.17) is 26.8 Å². The standard InChI is InChI=1S/C20H19N3.C2H4O2/c1-13-12-16(6-11-19(13)23)20(14-2-7-17(21)8-3-14)15-4-9-18(22)10-5-15;1-2(3)4/h2-12,21H,22-23H2,1H3;1H3,(H,3,4). The van der Waals surface area contributed by atoms with Gasteiger partial charge in [-0.05, 0) is 71.2 Å². The Labute approximate surface area is 158 Å². The van der Waals surface area contributed by atoms with Gasteiger partial charge in [-0.3, -0.25) is 4.79 Å². The molecule has 3 rings (SSSR count). The maximum Gasteiger partial charge on any atom is 0.300 e. The molecular formula is C22H23N3O2. The van der Waals surface area contributed by atoms with Crippen LogP contribution in [0.25, 0.3) is 5.57 Å². The molecule has 0 radical (unpaired) electrons. The van der Waals surface area contributed by atoms with Gasteiger partial charge in [0.1, 0.15) is 0 Å². The Balaban J connectivity index is 0.000000596. The average molecular weight is 361 g/mol. The molecule has 2 aromatic carbocycles. The molecule has 0 atom stereocenters. The molecule has 0 saturated heterocycles. The lowest BCUT2D eigenvalue weighted by Crippen LogP contribution is -1.99. The Bertz CT molecular complexity index is 930. The first-order valence-electron chi connectivity index (χ1n) is 8.39. The quantitative estimate of drug-likeness (QED) is 0.600. The van der Waals surface area contributed by atoms with E-state index in [2.05, 4.69) is 6.07 Å². The molecule has 27 heavy (non-hydrogen) atoms. The second-order valence-electron chi connectivity index (χ2n) is 6.16. The van der Waals surface area contributed by atoms with Crippen LogP contribution in [-0.4, -0.2) is 16.8 Å². The summed E-state index contributed by atoms with van der Waals surface area (Å²) in [5, 5.41) is 15.1. The van der Waals surface area contributed by atoms with Crippen LogP contribution in [0.4, 0.5) is 11.4 Å². The molecule has 0 unspecified atom stereocenters. The minimum Gasteiger partial charge on any atom is -0.481 e. The Morgan fingerprint density at radius 3 is 1.96 bits per heavy atom. The summed E-state index contributed by atoms with van der Waals surface area (Å²) >= 11 is 0. The molecule has 1 aliphatic rings. The van der Waals surface area contributed by atoms with Crippen molar-refractivity contribution in [2.24, 2.45) is 0 Å². The molecule has 0 aliphatic heterocycles. The van der Waals surface area contributed by atoms with Gasteiger partial charge in [-0.15, -0.1) is 0 Å². The number of carboxylic acid groups (broad SMARTS) is 1. The summed E-state index contributed by atoms with van der Waals surface area (Å²) in [6.45, 7) is 3.09. The highest BCUT2D eigenvalue weighted by atomic mass is 16.4. The van der Waals surface area contributed by atoms with E-state index < -0.39 is 5.97 Å². The summed E-state index contributed by atoms with van der Waals surface area (Å²) in [5.74, 6) is -0.833.